The quantitative estimate of drug-likeness (QED) is 0.905. The van der Waals surface area contributed by atoms with Crippen LogP contribution in [-0.2, 0) is 4.79 Å². The molecule has 1 fully saturated rings. The molecule has 1 aliphatic heterocycles. The van der Waals surface area contributed by atoms with E-state index in [1.165, 1.54) is 0 Å². The van der Waals surface area contributed by atoms with Crippen molar-refractivity contribution < 1.29 is 14.7 Å². The number of nitrogens with zero attached hydrogens (tertiary/aromatic N) is 3. The molecule has 0 unspecified atom stereocenters. The van der Waals surface area contributed by atoms with Crippen molar-refractivity contribution in [3.8, 4) is 0 Å². The second kappa shape index (κ2) is 7.15. The number of carboxylic acid groups (broad SMARTS) is 1. The highest BCUT2D eigenvalue weighted by Crippen LogP contribution is 2.26. The molecule has 0 bridgehead atoms. The van der Waals surface area contributed by atoms with Gasteiger partial charge in [0.25, 0.3) is 5.91 Å². The maximum Gasteiger partial charge on any atom is 0.308 e. The fourth-order valence-corrected chi connectivity index (χ4v) is 3.50. The van der Waals surface area contributed by atoms with Crippen molar-refractivity contribution in [2.45, 2.75) is 65.5 Å². The summed E-state index contributed by atoms with van der Waals surface area (Å²) >= 11 is 0. The first-order valence-electron chi connectivity index (χ1n) is 8.50. The second-order valence-corrected chi connectivity index (χ2v) is 6.41. The van der Waals surface area contributed by atoms with Gasteiger partial charge in [-0.2, -0.15) is 5.10 Å². The number of amides is 1. The van der Waals surface area contributed by atoms with Crippen LogP contribution in [0.1, 0.15) is 68.7 Å². The minimum absolute atomic E-state index is 0.156. The van der Waals surface area contributed by atoms with E-state index in [-0.39, 0.29) is 11.9 Å². The Morgan fingerprint density at radius 2 is 2.04 bits per heavy atom. The monoisotopic (exact) mass is 321 g/mol. The summed E-state index contributed by atoms with van der Waals surface area (Å²) in [6, 6.07) is 1.81. The van der Waals surface area contributed by atoms with Crippen molar-refractivity contribution in [2.24, 2.45) is 5.92 Å². The Balaban J connectivity index is 2.23. The molecule has 0 spiro atoms. The summed E-state index contributed by atoms with van der Waals surface area (Å²) in [6.07, 6.45) is 3.28. The van der Waals surface area contributed by atoms with Crippen molar-refractivity contribution in [1.82, 2.24) is 14.7 Å². The van der Waals surface area contributed by atoms with Gasteiger partial charge in [-0.05, 0) is 45.6 Å². The molecule has 0 saturated carbocycles. The maximum absolute atomic E-state index is 12.8. The van der Waals surface area contributed by atoms with Crippen LogP contribution in [0.4, 0.5) is 0 Å². The van der Waals surface area contributed by atoms with Gasteiger partial charge in [0.05, 0.1) is 12.0 Å². The Morgan fingerprint density at radius 3 is 2.61 bits per heavy atom. The predicted octanol–water partition coefficient (Wildman–Crippen LogP) is 2.88. The maximum atomic E-state index is 12.8. The van der Waals surface area contributed by atoms with Gasteiger partial charge in [0.2, 0.25) is 0 Å². The summed E-state index contributed by atoms with van der Waals surface area (Å²) in [5.41, 5.74) is 1.40. The normalized spacial score (nSPS) is 21.7. The molecule has 2 rings (SSSR count). The highest BCUT2D eigenvalue weighted by atomic mass is 16.4. The Labute approximate surface area is 137 Å². The van der Waals surface area contributed by atoms with E-state index in [1.54, 1.807) is 4.90 Å². The number of aromatic nitrogens is 2. The summed E-state index contributed by atoms with van der Waals surface area (Å²) in [5.74, 6) is -1.47. The highest BCUT2D eigenvalue weighted by Gasteiger charge is 2.36. The molecule has 0 aliphatic carbocycles. The van der Waals surface area contributed by atoms with Crippen LogP contribution in [0.5, 0.6) is 0 Å². The van der Waals surface area contributed by atoms with Crippen molar-refractivity contribution in [3.05, 3.63) is 17.5 Å². The van der Waals surface area contributed by atoms with E-state index in [0.717, 1.165) is 25.0 Å². The first kappa shape index (κ1) is 17.5. The fourth-order valence-electron chi connectivity index (χ4n) is 3.50. The molecule has 1 amide bonds. The standard InChI is InChI=1S/C17H27N3O3/c1-5-13(6-2)20-11(3)10-15(18-20)16(21)19-9-7-8-14(12(19)4)17(22)23/h10,12-14H,5-9H2,1-4H3,(H,22,23)/t12-,14-/m0/s1. The summed E-state index contributed by atoms with van der Waals surface area (Å²) < 4.78 is 1.93. The molecular weight excluding hydrogens is 294 g/mol. The van der Waals surface area contributed by atoms with Crippen molar-refractivity contribution in [1.29, 1.82) is 0 Å². The van der Waals surface area contributed by atoms with Crippen LogP contribution in [0, 0.1) is 12.8 Å². The van der Waals surface area contributed by atoms with Crippen LogP contribution >= 0.6 is 0 Å². The van der Waals surface area contributed by atoms with Gasteiger partial charge in [0.15, 0.2) is 5.69 Å². The summed E-state index contributed by atoms with van der Waals surface area (Å²) in [5, 5.41) is 13.8. The molecule has 1 saturated heterocycles. The number of carboxylic acids is 1. The van der Waals surface area contributed by atoms with E-state index >= 15 is 0 Å². The minimum atomic E-state index is -0.825. The third kappa shape index (κ3) is 3.41. The van der Waals surface area contributed by atoms with E-state index in [0.29, 0.717) is 24.7 Å². The fraction of sp³-hybridized carbons (Fsp3) is 0.706. The molecule has 128 valence electrons. The van der Waals surface area contributed by atoms with Crippen molar-refractivity contribution >= 4 is 11.9 Å². The Morgan fingerprint density at radius 1 is 1.39 bits per heavy atom. The van der Waals surface area contributed by atoms with E-state index < -0.39 is 11.9 Å². The number of rotatable bonds is 5. The van der Waals surface area contributed by atoms with Crippen LogP contribution in [0.25, 0.3) is 0 Å². The van der Waals surface area contributed by atoms with Crippen molar-refractivity contribution in [3.63, 3.8) is 0 Å². The van der Waals surface area contributed by atoms with Gasteiger partial charge in [-0.1, -0.05) is 13.8 Å². The Hall–Kier alpha value is -1.85. The van der Waals surface area contributed by atoms with Crippen LogP contribution in [0.2, 0.25) is 0 Å². The number of carbonyl (C=O) groups excluding carboxylic acids is 1. The molecular formula is C17H27N3O3. The number of hydrogen-bond donors (Lipinski definition) is 1. The average Bonchev–Trinajstić information content (AvgIpc) is 2.90. The van der Waals surface area contributed by atoms with Gasteiger partial charge in [-0.15, -0.1) is 0 Å². The molecule has 1 aromatic heterocycles. The van der Waals surface area contributed by atoms with Crippen LogP contribution in [0.3, 0.4) is 0 Å². The summed E-state index contributed by atoms with van der Waals surface area (Å²) in [4.78, 5) is 25.8. The lowest BCUT2D eigenvalue weighted by Crippen LogP contribution is -2.49. The van der Waals surface area contributed by atoms with E-state index in [9.17, 15) is 14.7 Å². The molecule has 6 nitrogen and oxygen atoms in total. The summed E-state index contributed by atoms with van der Waals surface area (Å²) in [6.45, 7) is 8.60. The smallest absolute Gasteiger partial charge is 0.308 e. The van der Waals surface area contributed by atoms with Gasteiger partial charge >= 0.3 is 5.97 Å². The SMILES string of the molecule is CCC(CC)n1nc(C(=O)N2CCC[C@H](C(=O)O)[C@@H]2C)cc1C. The van der Waals surface area contributed by atoms with E-state index in [2.05, 4.69) is 18.9 Å². The zero-order chi connectivity index (χ0) is 17.1. The summed E-state index contributed by atoms with van der Waals surface area (Å²) in [7, 11) is 0. The number of aliphatic carboxylic acids is 1. The molecule has 1 N–H and O–H groups in total. The molecule has 2 atom stereocenters. The Bertz CT molecular complexity index is 578. The zero-order valence-electron chi connectivity index (χ0n) is 14.5. The lowest BCUT2D eigenvalue weighted by atomic mass is 9.90. The zero-order valence-corrected chi connectivity index (χ0v) is 14.5. The number of aryl methyl sites for hydroxylation is 1. The van der Waals surface area contributed by atoms with Gasteiger partial charge < -0.3 is 10.0 Å². The lowest BCUT2D eigenvalue weighted by molar-refractivity contribution is -0.144. The van der Waals surface area contributed by atoms with Gasteiger partial charge in [0, 0.05) is 18.3 Å². The molecule has 1 aromatic rings. The predicted molar refractivity (Wildman–Crippen MR) is 87.4 cm³/mol. The average molecular weight is 321 g/mol. The van der Waals surface area contributed by atoms with E-state index in [1.807, 2.05) is 24.6 Å². The first-order chi connectivity index (χ1) is 10.9. The highest BCUT2D eigenvalue weighted by molar-refractivity contribution is 5.93. The second-order valence-electron chi connectivity index (χ2n) is 6.41. The third-order valence-corrected chi connectivity index (χ3v) is 5.00. The number of carbonyl (C=O) groups is 2. The van der Waals surface area contributed by atoms with Crippen molar-refractivity contribution in [2.75, 3.05) is 6.54 Å². The molecule has 23 heavy (non-hydrogen) atoms. The van der Waals surface area contributed by atoms with E-state index in [4.69, 9.17) is 0 Å². The Kier molecular flexibility index (Phi) is 5.44. The van der Waals surface area contributed by atoms with Crippen LogP contribution < -0.4 is 0 Å². The number of piperidine rings is 1. The van der Waals surface area contributed by atoms with Gasteiger partial charge in [-0.25, -0.2) is 0 Å². The molecule has 2 heterocycles. The number of likely N-dealkylation sites (tertiary alicyclic amines) is 1. The van der Waals surface area contributed by atoms with Gasteiger partial charge in [-0.3, -0.25) is 14.3 Å². The molecule has 6 heteroatoms. The van der Waals surface area contributed by atoms with Crippen LogP contribution in [-0.4, -0.2) is 44.3 Å². The largest absolute Gasteiger partial charge is 0.481 e. The lowest BCUT2D eigenvalue weighted by Gasteiger charge is -2.37. The van der Waals surface area contributed by atoms with Crippen LogP contribution in [0.15, 0.2) is 6.07 Å². The first-order valence-corrected chi connectivity index (χ1v) is 8.50. The minimum Gasteiger partial charge on any atom is -0.481 e. The molecule has 1 aliphatic rings. The molecule has 0 radical (unpaired) electrons. The van der Waals surface area contributed by atoms with Gasteiger partial charge in [0.1, 0.15) is 0 Å². The third-order valence-electron chi connectivity index (χ3n) is 5.00. The number of hydrogen-bond acceptors (Lipinski definition) is 3. The molecule has 0 aromatic carbocycles. The topological polar surface area (TPSA) is 75.4 Å².